The van der Waals surface area contributed by atoms with Crippen LogP contribution in [0.15, 0.2) is 42.5 Å². The molecule has 0 saturated carbocycles. The van der Waals surface area contributed by atoms with Crippen LogP contribution in [0.4, 0.5) is 5.69 Å². The second-order valence-corrected chi connectivity index (χ2v) is 7.97. The number of aromatic nitrogens is 4. The van der Waals surface area contributed by atoms with Crippen LogP contribution in [0.25, 0.3) is 15.5 Å². The molecular weight excluding hydrogens is 404 g/mol. The zero-order chi connectivity index (χ0) is 20.5. The molecule has 29 heavy (non-hydrogen) atoms. The van der Waals surface area contributed by atoms with Crippen molar-refractivity contribution in [1.29, 1.82) is 0 Å². The molecule has 146 valence electrons. The smallest absolute Gasteiger partial charge is 0.257 e. The summed E-state index contributed by atoms with van der Waals surface area (Å²) in [5.41, 5.74) is 4.33. The summed E-state index contributed by atoms with van der Waals surface area (Å²) in [4.78, 5) is 13.2. The standard InChI is InChI=1S/C20H18N6OS2/c1-11-6-4-7-14(10-11)17(27)22-19(28)21-16-9-5-8-15(12(16)2)18-25-26-13(3)23-24-20(26)29-18/h4-10H,1-3H3,(H2,21,22,27,28). The molecule has 7 nitrogen and oxygen atoms in total. The topological polar surface area (TPSA) is 84.2 Å². The fourth-order valence-corrected chi connectivity index (χ4v) is 4.11. The lowest BCUT2D eigenvalue weighted by molar-refractivity contribution is 0.0977. The number of carbonyl (C=O) groups is 1. The Bertz CT molecular complexity index is 1240. The van der Waals surface area contributed by atoms with Crippen molar-refractivity contribution < 1.29 is 4.79 Å². The first-order valence-corrected chi connectivity index (χ1v) is 10.1. The van der Waals surface area contributed by atoms with E-state index in [-0.39, 0.29) is 11.0 Å². The van der Waals surface area contributed by atoms with Gasteiger partial charge in [-0.05, 0) is 56.8 Å². The molecule has 2 heterocycles. The Labute approximate surface area is 176 Å². The molecule has 0 atom stereocenters. The van der Waals surface area contributed by atoms with Crippen molar-refractivity contribution in [3.05, 3.63) is 65.0 Å². The van der Waals surface area contributed by atoms with Gasteiger partial charge < -0.3 is 5.32 Å². The number of hydrogen-bond acceptors (Lipinski definition) is 6. The third-order valence-corrected chi connectivity index (χ3v) is 5.60. The van der Waals surface area contributed by atoms with E-state index in [2.05, 4.69) is 25.9 Å². The van der Waals surface area contributed by atoms with Crippen LogP contribution < -0.4 is 10.6 Å². The molecule has 0 radical (unpaired) electrons. The zero-order valence-electron chi connectivity index (χ0n) is 16.1. The molecule has 0 aliphatic rings. The van der Waals surface area contributed by atoms with Crippen LogP contribution in [0.2, 0.25) is 0 Å². The lowest BCUT2D eigenvalue weighted by Gasteiger charge is -2.13. The van der Waals surface area contributed by atoms with E-state index in [9.17, 15) is 4.79 Å². The molecule has 4 rings (SSSR count). The molecule has 2 aromatic heterocycles. The van der Waals surface area contributed by atoms with Crippen LogP contribution in [-0.2, 0) is 0 Å². The van der Waals surface area contributed by atoms with E-state index in [1.165, 1.54) is 11.3 Å². The largest absolute Gasteiger partial charge is 0.332 e. The Morgan fingerprint density at radius 2 is 1.90 bits per heavy atom. The van der Waals surface area contributed by atoms with Gasteiger partial charge in [0.15, 0.2) is 10.9 Å². The summed E-state index contributed by atoms with van der Waals surface area (Å²) in [5, 5.41) is 19.7. The summed E-state index contributed by atoms with van der Waals surface area (Å²) in [5.74, 6) is 0.499. The van der Waals surface area contributed by atoms with Crippen molar-refractivity contribution in [3.63, 3.8) is 0 Å². The van der Waals surface area contributed by atoms with Gasteiger partial charge in [0.05, 0.1) is 0 Å². The zero-order valence-corrected chi connectivity index (χ0v) is 17.7. The Hall–Kier alpha value is -3.17. The van der Waals surface area contributed by atoms with Gasteiger partial charge >= 0.3 is 0 Å². The van der Waals surface area contributed by atoms with Gasteiger partial charge in [0.2, 0.25) is 4.96 Å². The van der Waals surface area contributed by atoms with Gasteiger partial charge in [0.25, 0.3) is 5.91 Å². The van der Waals surface area contributed by atoms with Crippen molar-refractivity contribution >= 4 is 45.2 Å². The molecular formula is C20H18N6OS2. The fraction of sp³-hybridized carbons (Fsp3) is 0.150. The second kappa shape index (κ2) is 7.69. The van der Waals surface area contributed by atoms with Crippen molar-refractivity contribution in [3.8, 4) is 10.6 Å². The quantitative estimate of drug-likeness (QED) is 0.487. The molecule has 0 aliphatic heterocycles. The minimum Gasteiger partial charge on any atom is -0.332 e. The first-order chi connectivity index (χ1) is 13.9. The van der Waals surface area contributed by atoms with Crippen LogP contribution >= 0.6 is 23.6 Å². The minimum absolute atomic E-state index is 0.241. The number of nitrogens with one attached hydrogen (secondary N) is 2. The maximum atomic E-state index is 12.4. The van der Waals surface area contributed by atoms with Gasteiger partial charge in [-0.2, -0.15) is 9.61 Å². The highest BCUT2D eigenvalue weighted by Crippen LogP contribution is 2.31. The Morgan fingerprint density at radius 1 is 1.10 bits per heavy atom. The lowest BCUT2D eigenvalue weighted by atomic mass is 10.1. The summed E-state index contributed by atoms with van der Waals surface area (Å²) in [6.07, 6.45) is 0. The fourth-order valence-electron chi connectivity index (χ4n) is 2.94. The highest BCUT2D eigenvalue weighted by atomic mass is 32.1. The normalized spacial score (nSPS) is 10.9. The molecule has 0 spiro atoms. The van der Waals surface area contributed by atoms with Crippen LogP contribution in [0.1, 0.15) is 27.3 Å². The van der Waals surface area contributed by atoms with Gasteiger partial charge in [-0.1, -0.05) is 41.2 Å². The summed E-state index contributed by atoms with van der Waals surface area (Å²) >= 11 is 6.81. The third-order valence-electron chi connectivity index (χ3n) is 4.47. The first-order valence-electron chi connectivity index (χ1n) is 8.90. The molecule has 9 heteroatoms. The molecule has 1 amide bonds. The number of anilines is 1. The average Bonchev–Trinajstić information content (AvgIpc) is 3.25. The van der Waals surface area contributed by atoms with Crippen molar-refractivity contribution in [2.45, 2.75) is 20.8 Å². The van der Waals surface area contributed by atoms with Crippen LogP contribution in [0.5, 0.6) is 0 Å². The molecule has 2 aromatic carbocycles. The van der Waals surface area contributed by atoms with E-state index in [0.717, 1.165) is 38.2 Å². The van der Waals surface area contributed by atoms with Gasteiger partial charge in [-0.3, -0.25) is 10.1 Å². The van der Waals surface area contributed by atoms with E-state index in [4.69, 9.17) is 12.2 Å². The number of benzene rings is 2. The second-order valence-electron chi connectivity index (χ2n) is 6.60. The van der Waals surface area contributed by atoms with Gasteiger partial charge in [0.1, 0.15) is 5.01 Å². The Balaban J connectivity index is 1.54. The van der Waals surface area contributed by atoms with Gasteiger partial charge in [-0.15, -0.1) is 10.2 Å². The van der Waals surface area contributed by atoms with E-state index >= 15 is 0 Å². The van der Waals surface area contributed by atoms with Gasteiger partial charge in [-0.25, -0.2) is 0 Å². The monoisotopic (exact) mass is 422 g/mol. The maximum absolute atomic E-state index is 12.4. The van der Waals surface area contributed by atoms with Crippen molar-refractivity contribution in [2.24, 2.45) is 0 Å². The van der Waals surface area contributed by atoms with E-state index in [1.54, 1.807) is 10.6 Å². The molecule has 4 aromatic rings. The number of hydrogen-bond donors (Lipinski definition) is 2. The van der Waals surface area contributed by atoms with Crippen LogP contribution in [0.3, 0.4) is 0 Å². The number of amides is 1. The number of nitrogens with zero attached hydrogens (tertiary/aromatic N) is 4. The van der Waals surface area contributed by atoms with E-state index in [1.807, 2.05) is 57.2 Å². The van der Waals surface area contributed by atoms with Crippen LogP contribution in [-0.4, -0.2) is 30.8 Å². The highest BCUT2D eigenvalue weighted by molar-refractivity contribution is 7.80. The number of carbonyl (C=O) groups excluding carboxylic acids is 1. The molecule has 2 N–H and O–H groups in total. The molecule has 0 fully saturated rings. The molecule has 0 unspecified atom stereocenters. The minimum atomic E-state index is -0.246. The van der Waals surface area contributed by atoms with Crippen LogP contribution in [0, 0.1) is 20.8 Å². The summed E-state index contributed by atoms with van der Waals surface area (Å²) in [6, 6.07) is 13.2. The SMILES string of the molecule is Cc1cccc(C(=O)NC(=S)Nc2cccc(-c3nn4c(C)nnc4s3)c2C)c1. The Kier molecular flexibility index (Phi) is 5.08. The number of aryl methyl sites for hydroxylation is 2. The predicted octanol–water partition coefficient (Wildman–Crippen LogP) is 3.90. The first kappa shape index (κ1) is 19.2. The summed E-state index contributed by atoms with van der Waals surface area (Å²) in [6.45, 7) is 5.79. The predicted molar refractivity (Wildman–Crippen MR) is 118 cm³/mol. The highest BCUT2D eigenvalue weighted by Gasteiger charge is 2.15. The van der Waals surface area contributed by atoms with E-state index in [0.29, 0.717) is 5.56 Å². The summed E-state index contributed by atoms with van der Waals surface area (Å²) < 4.78 is 1.73. The number of fused-ring (bicyclic) bond motifs is 1. The number of thiocarbonyl (C=S) groups is 1. The average molecular weight is 423 g/mol. The third kappa shape index (κ3) is 3.87. The summed E-state index contributed by atoms with van der Waals surface area (Å²) in [7, 11) is 0. The van der Waals surface area contributed by atoms with E-state index < -0.39 is 0 Å². The molecule has 0 bridgehead atoms. The lowest BCUT2D eigenvalue weighted by Crippen LogP contribution is -2.34. The number of rotatable bonds is 3. The van der Waals surface area contributed by atoms with Crippen molar-refractivity contribution in [2.75, 3.05) is 5.32 Å². The van der Waals surface area contributed by atoms with Gasteiger partial charge in [0, 0.05) is 16.8 Å². The van der Waals surface area contributed by atoms with Crippen molar-refractivity contribution in [1.82, 2.24) is 25.1 Å². The Morgan fingerprint density at radius 3 is 2.66 bits per heavy atom. The molecule has 0 saturated heterocycles. The maximum Gasteiger partial charge on any atom is 0.257 e. The molecule has 0 aliphatic carbocycles.